The number of hydrogen-bond donors (Lipinski definition) is 0. The molecular weight excluding hydrogens is 244 g/mol. The fourth-order valence-corrected chi connectivity index (χ4v) is 1.92. The molecule has 100 valence electrons. The summed E-state index contributed by atoms with van der Waals surface area (Å²) in [7, 11) is 1.67. The predicted octanol–water partition coefficient (Wildman–Crippen LogP) is 4.97. The summed E-state index contributed by atoms with van der Waals surface area (Å²) in [6.07, 6.45) is 4.68. The van der Waals surface area contributed by atoms with Crippen molar-refractivity contribution in [2.45, 2.75) is 6.42 Å². The topological polar surface area (TPSA) is 9.23 Å². The summed E-state index contributed by atoms with van der Waals surface area (Å²) in [6, 6.07) is 18.2. The summed E-state index contributed by atoms with van der Waals surface area (Å²) in [5.74, 6) is 0.860. The van der Waals surface area contributed by atoms with Crippen molar-refractivity contribution in [2.75, 3.05) is 7.11 Å². The van der Waals surface area contributed by atoms with Gasteiger partial charge in [0.2, 0.25) is 0 Å². The van der Waals surface area contributed by atoms with Crippen LogP contribution in [0.4, 0.5) is 0 Å². The van der Waals surface area contributed by atoms with E-state index in [4.69, 9.17) is 4.74 Å². The van der Waals surface area contributed by atoms with Gasteiger partial charge in [0.05, 0.1) is 7.11 Å². The van der Waals surface area contributed by atoms with E-state index in [0.717, 1.165) is 28.9 Å². The molecule has 0 saturated carbocycles. The summed E-state index contributed by atoms with van der Waals surface area (Å²) >= 11 is 0. The van der Waals surface area contributed by atoms with Crippen LogP contribution in [0.15, 0.2) is 73.0 Å². The highest BCUT2D eigenvalue weighted by atomic mass is 16.5. The van der Waals surface area contributed by atoms with E-state index in [1.165, 1.54) is 0 Å². The zero-order valence-electron chi connectivity index (χ0n) is 11.7. The van der Waals surface area contributed by atoms with E-state index >= 15 is 0 Å². The molecule has 20 heavy (non-hydrogen) atoms. The zero-order chi connectivity index (χ0) is 14.2. The van der Waals surface area contributed by atoms with Crippen molar-refractivity contribution in [3.05, 3.63) is 84.1 Å². The number of ether oxygens (including phenoxy) is 1. The summed E-state index contributed by atoms with van der Waals surface area (Å²) in [6.45, 7) is 3.82. The summed E-state index contributed by atoms with van der Waals surface area (Å²) < 4.78 is 5.18. The van der Waals surface area contributed by atoms with Crippen LogP contribution in [0.2, 0.25) is 0 Å². The molecule has 0 amide bonds. The summed E-state index contributed by atoms with van der Waals surface area (Å²) in [5, 5.41) is 0. The van der Waals surface area contributed by atoms with Gasteiger partial charge in [0.25, 0.3) is 0 Å². The van der Waals surface area contributed by atoms with Crippen LogP contribution in [0.3, 0.4) is 0 Å². The first-order valence-corrected chi connectivity index (χ1v) is 6.59. The monoisotopic (exact) mass is 262 g/mol. The molecule has 2 rings (SSSR count). The molecule has 0 unspecified atom stereocenters. The lowest BCUT2D eigenvalue weighted by Crippen LogP contribution is -1.85. The van der Waals surface area contributed by atoms with Crippen molar-refractivity contribution >= 4 is 11.6 Å². The SMILES string of the molecule is C=CCC(=C=Cc1ccccc1)c1ccc(OC)cc1. The minimum Gasteiger partial charge on any atom is -0.497 e. The molecular formula is C19H18O. The van der Waals surface area contributed by atoms with Crippen molar-refractivity contribution in [2.24, 2.45) is 0 Å². The molecule has 0 aliphatic carbocycles. The Hall–Kier alpha value is -2.50. The van der Waals surface area contributed by atoms with Gasteiger partial charge in [0.1, 0.15) is 5.75 Å². The third-order valence-corrected chi connectivity index (χ3v) is 3.00. The number of hydrogen-bond acceptors (Lipinski definition) is 1. The van der Waals surface area contributed by atoms with Crippen molar-refractivity contribution in [1.82, 2.24) is 0 Å². The van der Waals surface area contributed by atoms with E-state index in [1.54, 1.807) is 7.11 Å². The molecule has 0 fully saturated rings. The van der Waals surface area contributed by atoms with Crippen molar-refractivity contribution in [3.63, 3.8) is 0 Å². The summed E-state index contributed by atoms with van der Waals surface area (Å²) in [5.41, 5.74) is 6.77. The van der Waals surface area contributed by atoms with Crippen molar-refractivity contribution in [1.29, 1.82) is 0 Å². The van der Waals surface area contributed by atoms with Crippen LogP contribution >= 0.6 is 0 Å². The van der Waals surface area contributed by atoms with Gasteiger partial charge in [-0.2, -0.15) is 0 Å². The molecule has 0 radical (unpaired) electrons. The smallest absolute Gasteiger partial charge is 0.118 e. The van der Waals surface area contributed by atoms with Crippen LogP contribution in [0.25, 0.3) is 11.6 Å². The fraction of sp³-hybridized carbons (Fsp3) is 0.105. The normalized spacial score (nSPS) is 9.45. The Labute approximate surface area is 120 Å². The van der Waals surface area contributed by atoms with Crippen LogP contribution in [0.1, 0.15) is 17.5 Å². The molecule has 0 aromatic heterocycles. The Morgan fingerprint density at radius 2 is 1.80 bits per heavy atom. The number of benzene rings is 2. The van der Waals surface area contributed by atoms with Gasteiger partial charge in [-0.3, -0.25) is 0 Å². The minimum atomic E-state index is 0.787. The molecule has 0 heterocycles. The van der Waals surface area contributed by atoms with Gasteiger partial charge in [-0.25, -0.2) is 0 Å². The quantitative estimate of drug-likeness (QED) is 0.546. The molecule has 0 saturated heterocycles. The van der Waals surface area contributed by atoms with E-state index in [2.05, 4.69) is 24.4 Å². The predicted molar refractivity (Wildman–Crippen MR) is 85.6 cm³/mol. The molecule has 0 atom stereocenters. The highest BCUT2D eigenvalue weighted by Crippen LogP contribution is 2.21. The molecule has 0 aliphatic heterocycles. The Kier molecular flexibility index (Phi) is 5.00. The average Bonchev–Trinajstić information content (AvgIpc) is 2.52. The van der Waals surface area contributed by atoms with E-state index in [-0.39, 0.29) is 0 Å². The van der Waals surface area contributed by atoms with Gasteiger partial charge < -0.3 is 4.74 Å². The molecule has 1 heteroatoms. The largest absolute Gasteiger partial charge is 0.497 e. The van der Waals surface area contributed by atoms with Crippen LogP contribution in [0.5, 0.6) is 5.75 Å². The third kappa shape index (κ3) is 3.74. The standard InChI is InChI=1S/C19H18O/c1-3-7-17(11-10-16-8-5-4-6-9-16)18-12-14-19(20-2)15-13-18/h3-6,8-10,12-15H,1,7H2,2H3. The first-order valence-electron chi connectivity index (χ1n) is 6.59. The lowest BCUT2D eigenvalue weighted by molar-refractivity contribution is 0.415. The third-order valence-electron chi connectivity index (χ3n) is 3.00. The van der Waals surface area contributed by atoms with Gasteiger partial charge in [-0.05, 0) is 35.8 Å². The Balaban J connectivity index is 2.34. The Morgan fingerprint density at radius 3 is 2.40 bits per heavy atom. The van der Waals surface area contributed by atoms with Gasteiger partial charge in [0.15, 0.2) is 0 Å². The Bertz CT molecular complexity index is 615. The number of methoxy groups -OCH3 is 1. The second-order valence-electron chi connectivity index (χ2n) is 4.40. The van der Waals surface area contributed by atoms with Crippen LogP contribution in [-0.4, -0.2) is 7.11 Å². The average molecular weight is 262 g/mol. The van der Waals surface area contributed by atoms with Crippen LogP contribution in [0, 0.1) is 0 Å². The van der Waals surface area contributed by atoms with Crippen LogP contribution < -0.4 is 4.74 Å². The lowest BCUT2D eigenvalue weighted by atomic mass is 10.0. The molecule has 0 N–H and O–H groups in total. The minimum absolute atomic E-state index is 0.787. The van der Waals surface area contributed by atoms with Gasteiger partial charge >= 0.3 is 0 Å². The first kappa shape index (κ1) is 13.9. The molecule has 0 bridgehead atoms. The first-order chi connectivity index (χ1) is 9.83. The maximum Gasteiger partial charge on any atom is 0.118 e. The highest BCUT2D eigenvalue weighted by molar-refractivity contribution is 5.70. The lowest BCUT2D eigenvalue weighted by Gasteiger charge is -2.04. The zero-order valence-corrected chi connectivity index (χ0v) is 11.7. The second kappa shape index (κ2) is 7.18. The van der Waals surface area contributed by atoms with Crippen LogP contribution in [-0.2, 0) is 0 Å². The van der Waals surface area contributed by atoms with E-state index in [0.29, 0.717) is 0 Å². The summed E-state index contributed by atoms with van der Waals surface area (Å²) in [4.78, 5) is 0. The van der Waals surface area contributed by atoms with Gasteiger partial charge in [-0.15, -0.1) is 12.3 Å². The maximum atomic E-state index is 5.18. The van der Waals surface area contributed by atoms with E-state index < -0.39 is 0 Å². The van der Waals surface area contributed by atoms with Crippen molar-refractivity contribution in [3.8, 4) is 5.75 Å². The number of rotatable bonds is 5. The van der Waals surface area contributed by atoms with E-state index in [1.807, 2.05) is 54.6 Å². The molecule has 0 spiro atoms. The number of allylic oxidation sites excluding steroid dienone is 2. The highest BCUT2D eigenvalue weighted by Gasteiger charge is 1.99. The Morgan fingerprint density at radius 1 is 1.10 bits per heavy atom. The molecule has 2 aromatic carbocycles. The maximum absolute atomic E-state index is 5.18. The second-order valence-corrected chi connectivity index (χ2v) is 4.40. The van der Waals surface area contributed by atoms with Crippen molar-refractivity contribution < 1.29 is 4.74 Å². The molecule has 2 aromatic rings. The molecule has 1 nitrogen and oxygen atoms in total. The molecule has 0 aliphatic rings. The van der Waals surface area contributed by atoms with Gasteiger partial charge in [0, 0.05) is 5.57 Å². The van der Waals surface area contributed by atoms with Gasteiger partial charge in [-0.1, -0.05) is 48.5 Å². The fourth-order valence-electron chi connectivity index (χ4n) is 1.92. The van der Waals surface area contributed by atoms with E-state index in [9.17, 15) is 0 Å².